The van der Waals surface area contributed by atoms with Crippen molar-refractivity contribution < 1.29 is 8.42 Å². The Morgan fingerprint density at radius 3 is 2.56 bits per heavy atom. The second-order valence-electron chi connectivity index (χ2n) is 3.61. The summed E-state index contributed by atoms with van der Waals surface area (Å²) < 4.78 is 24.2. The highest BCUT2D eigenvalue weighted by molar-refractivity contribution is 7.89. The van der Waals surface area contributed by atoms with E-state index in [2.05, 4.69) is 0 Å². The van der Waals surface area contributed by atoms with Gasteiger partial charge in [0.2, 0.25) is 10.0 Å². The summed E-state index contributed by atoms with van der Waals surface area (Å²) in [5, 5.41) is 14.0. The monoisotopic (exact) mass is 262 g/mol. The molecule has 0 saturated carbocycles. The van der Waals surface area contributed by atoms with Crippen molar-refractivity contribution in [3.63, 3.8) is 0 Å². The summed E-state index contributed by atoms with van der Waals surface area (Å²) in [6.07, 6.45) is 1.62. The average molecular weight is 262 g/mol. The van der Waals surface area contributed by atoms with Crippen molar-refractivity contribution >= 4 is 15.7 Å². The fourth-order valence-electron chi connectivity index (χ4n) is 1.67. The smallest absolute Gasteiger partial charge is 0.240 e. The number of nitrogens with two attached hydrogens (primary N) is 2. The van der Waals surface area contributed by atoms with Crippen molar-refractivity contribution in [1.82, 2.24) is 4.57 Å². The molecule has 2 rings (SSSR count). The molecule has 1 aromatic heterocycles. The Labute approximate surface area is 104 Å². The highest BCUT2D eigenvalue weighted by Gasteiger charge is 2.16. The molecule has 6 nitrogen and oxygen atoms in total. The molecule has 92 valence electrons. The van der Waals surface area contributed by atoms with Gasteiger partial charge in [-0.15, -0.1) is 0 Å². The number of aromatic nitrogens is 1. The molecule has 0 amide bonds. The zero-order chi connectivity index (χ0) is 13.3. The maximum absolute atomic E-state index is 11.4. The molecule has 18 heavy (non-hydrogen) atoms. The molecular weight excluding hydrogens is 252 g/mol. The summed E-state index contributed by atoms with van der Waals surface area (Å²) >= 11 is 0. The molecule has 7 heteroatoms. The number of nitrogens with zero attached hydrogens (tertiary/aromatic N) is 2. The molecule has 0 unspecified atom stereocenters. The first-order valence-corrected chi connectivity index (χ1v) is 6.49. The molecule has 0 aliphatic heterocycles. The third-order valence-corrected chi connectivity index (χ3v) is 3.44. The number of nitrogen functional groups attached to an aromatic ring is 1. The number of sulfonamides is 1. The zero-order valence-electron chi connectivity index (χ0n) is 9.24. The van der Waals surface area contributed by atoms with E-state index in [9.17, 15) is 8.42 Å². The molecule has 0 atom stereocenters. The first-order valence-electron chi connectivity index (χ1n) is 4.94. The number of rotatable bonds is 2. The van der Waals surface area contributed by atoms with Gasteiger partial charge in [-0.05, 0) is 24.3 Å². The topological polar surface area (TPSA) is 115 Å². The quantitative estimate of drug-likeness (QED) is 0.770. The van der Waals surface area contributed by atoms with Crippen LogP contribution >= 0.6 is 0 Å². The van der Waals surface area contributed by atoms with E-state index in [0.29, 0.717) is 11.4 Å². The number of benzene rings is 1. The number of anilines is 1. The molecule has 1 heterocycles. The van der Waals surface area contributed by atoms with Gasteiger partial charge in [-0.2, -0.15) is 5.26 Å². The van der Waals surface area contributed by atoms with Crippen molar-refractivity contribution in [1.29, 1.82) is 5.26 Å². The summed E-state index contributed by atoms with van der Waals surface area (Å²) in [4.78, 5) is -0.155. The molecule has 4 N–H and O–H groups in total. The van der Waals surface area contributed by atoms with Crippen LogP contribution in [-0.2, 0) is 10.0 Å². The third kappa shape index (κ3) is 1.95. The van der Waals surface area contributed by atoms with Gasteiger partial charge in [0, 0.05) is 6.20 Å². The zero-order valence-corrected chi connectivity index (χ0v) is 10.1. The van der Waals surface area contributed by atoms with Crippen LogP contribution in [0.25, 0.3) is 5.69 Å². The number of hydrogen-bond donors (Lipinski definition) is 2. The fraction of sp³-hybridized carbons (Fsp3) is 0. The van der Waals surface area contributed by atoms with Gasteiger partial charge in [0.05, 0.1) is 11.4 Å². The minimum absolute atomic E-state index is 0.0210. The predicted molar refractivity (Wildman–Crippen MR) is 66.3 cm³/mol. The average Bonchev–Trinajstić information content (AvgIpc) is 2.75. The van der Waals surface area contributed by atoms with E-state index >= 15 is 0 Å². The van der Waals surface area contributed by atoms with Gasteiger partial charge in [0.1, 0.15) is 16.7 Å². The first-order chi connectivity index (χ1) is 8.45. The van der Waals surface area contributed by atoms with E-state index in [4.69, 9.17) is 16.1 Å². The van der Waals surface area contributed by atoms with Crippen molar-refractivity contribution in [3.05, 3.63) is 42.2 Å². The van der Waals surface area contributed by atoms with E-state index in [1.165, 1.54) is 16.7 Å². The van der Waals surface area contributed by atoms with Crippen molar-refractivity contribution in [2.75, 3.05) is 5.73 Å². The summed E-state index contributed by atoms with van der Waals surface area (Å²) in [5.74, 6) is 0. The van der Waals surface area contributed by atoms with E-state index in [-0.39, 0.29) is 10.6 Å². The molecule has 0 aliphatic rings. The molecule has 0 spiro atoms. The molecule has 1 aromatic carbocycles. The normalized spacial score (nSPS) is 11.1. The lowest BCUT2D eigenvalue weighted by Crippen LogP contribution is -2.15. The molecule has 2 aromatic rings. The van der Waals surface area contributed by atoms with Crippen LogP contribution < -0.4 is 10.9 Å². The van der Waals surface area contributed by atoms with Crippen molar-refractivity contribution in [2.24, 2.45) is 5.14 Å². The summed E-state index contributed by atoms with van der Waals surface area (Å²) in [7, 11) is -3.89. The van der Waals surface area contributed by atoms with Crippen LogP contribution in [0.2, 0.25) is 0 Å². The molecule has 0 saturated heterocycles. The van der Waals surface area contributed by atoms with Gasteiger partial charge in [-0.1, -0.05) is 6.07 Å². The van der Waals surface area contributed by atoms with Crippen LogP contribution in [0.5, 0.6) is 0 Å². The van der Waals surface area contributed by atoms with Crippen LogP contribution in [0.3, 0.4) is 0 Å². The van der Waals surface area contributed by atoms with E-state index < -0.39 is 10.0 Å². The van der Waals surface area contributed by atoms with Crippen LogP contribution in [0.15, 0.2) is 41.4 Å². The number of para-hydroxylation sites is 1. The SMILES string of the molecule is N#Cc1cccn1-c1cccc(S(N)(=O)=O)c1N. The van der Waals surface area contributed by atoms with E-state index in [0.717, 1.165) is 0 Å². The summed E-state index contributed by atoms with van der Waals surface area (Å²) in [6, 6.07) is 9.71. The van der Waals surface area contributed by atoms with Crippen LogP contribution in [-0.4, -0.2) is 13.0 Å². The van der Waals surface area contributed by atoms with E-state index in [1.807, 2.05) is 6.07 Å². The minimum Gasteiger partial charge on any atom is -0.396 e. The largest absolute Gasteiger partial charge is 0.396 e. The number of hydrogen-bond acceptors (Lipinski definition) is 4. The Hall–Kier alpha value is -2.30. The van der Waals surface area contributed by atoms with Crippen molar-refractivity contribution in [2.45, 2.75) is 4.90 Å². The lowest BCUT2D eigenvalue weighted by Gasteiger charge is -2.11. The van der Waals surface area contributed by atoms with Crippen LogP contribution in [0.1, 0.15) is 5.69 Å². The Balaban J connectivity index is 2.72. The predicted octanol–water partition coefficient (Wildman–Crippen LogP) is 0.579. The van der Waals surface area contributed by atoms with Crippen LogP contribution in [0.4, 0.5) is 5.69 Å². The first kappa shape index (κ1) is 12.2. The Bertz CT molecular complexity index is 741. The molecule has 0 aliphatic carbocycles. The van der Waals surface area contributed by atoms with Gasteiger partial charge >= 0.3 is 0 Å². The highest BCUT2D eigenvalue weighted by Crippen LogP contribution is 2.25. The number of nitriles is 1. The maximum atomic E-state index is 11.4. The van der Waals surface area contributed by atoms with Gasteiger partial charge in [-0.3, -0.25) is 0 Å². The standard InChI is InChI=1S/C11H10N4O2S/c12-7-8-3-2-6-15(8)9-4-1-5-10(11(9)13)18(14,16)17/h1-6H,13H2,(H2,14,16,17). The highest BCUT2D eigenvalue weighted by atomic mass is 32.2. The Morgan fingerprint density at radius 2 is 1.94 bits per heavy atom. The second-order valence-corrected chi connectivity index (χ2v) is 5.14. The molecule has 0 radical (unpaired) electrons. The van der Waals surface area contributed by atoms with Gasteiger partial charge in [0.15, 0.2) is 0 Å². The third-order valence-electron chi connectivity index (χ3n) is 2.47. The van der Waals surface area contributed by atoms with E-state index in [1.54, 1.807) is 24.4 Å². The molecule has 0 bridgehead atoms. The minimum atomic E-state index is -3.89. The Kier molecular flexibility index (Phi) is 2.82. The van der Waals surface area contributed by atoms with Gasteiger partial charge in [-0.25, -0.2) is 13.6 Å². The van der Waals surface area contributed by atoms with Crippen LogP contribution in [0, 0.1) is 11.3 Å². The van der Waals surface area contributed by atoms with Crippen molar-refractivity contribution in [3.8, 4) is 11.8 Å². The second kappa shape index (κ2) is 4.18. The lowest BCUT2D eigenvalue weighted by atomic mass is 10.2. The Morgan fingerprint density at radius 1 is 1.22 bits per heavy atom. The van der Waals surface area contributed by atoms with Gasteiger partial charge < -0.3 is 10.3 Å². The summed E-state index contributed by atoms with van der Waals surface area (Å²) in [6.45, 7) is 0. The molecular formula is C11H10N4O2S. The van der Waals surface area contributed by atoms with Gasteiger partial charge in [0.25, 0.3) is 0 Å². The lowest BCUT2D eigenvalue weighted by molar-refractivity contribution is 0.598. The number of primary sulfonamides is 1. The molecule has 0 fully saturated rings. The maximum Gasteiger partial charge on any atom is 0.240 e. The fourth-order valence-corrected chi connectivity index (χ4v) is 2.35. The summed E-state index contributed by atoms with van der Waals surface area (Å²) in [5.41, 5.74) is 6.58.